The summed E-state index contributed by atoms with van der Waals surface area (Å²) in [5.41, 5.74) is 0.499. The average molecular weight is 393 g/mol. The molecule has 1 aromatic carbocycles. The predicted octanol–water partition coefficient (Wildman–Crippen LogP) is 4.33. The van der Waals surface area contributed by atoms with E-state index in [1.54, 1.807) is 6.92 Å². The van der Waals surface area contributed by atoms with Crippen LogP contribution in [0.3, 0.4) is 0 Å². The minimum absolute atomic E-state index is 0.0730. The van der Waals surface area contributed by atoms with Crippen molar-refractivity contribution < 1.29 is 14.3 Å². The molecule has 2 aliphatic rings. The largest absolute Gasteiger partial charge is 0.444 e. The number of halogens is 1. The van der Waals surface area contributed by atoms with E-state index in [1.807, 2.05) is 54.8 Å². The van der Waals surface area contributed by atoms with Crippen LogP contribution in [0.2, 0.25) is 5.02 Å². The number of hydrogen-bond acceptors (Lipinski definition) is 3. The third-order valence-electron chi connectivity index (χ3n) is 5.52. The van der Waals surface area contributed by atoms with Crippen molar-refractivity contribution >= 4 is 23.6 Å². The Bertz CT molecular complexity index is 702. The van der Waals surface area contributed by atoms with Crippen LogP contribution in [-0.4, -0.2) is 46.5 Å². The van der Waals surface area contributed by atoms with Crippen molar-refractivity contribution in [2.75, 3.05) is 13.1 Å². The number of nitrogens with zero attached hydrogens (tertiary/aromatic N) is 2. The van der Waals surface area contributed by atoms with E-state index in [9.17, 15) is 9.59 Å². The number of ether oxygens (including phenoxy) is 1. The molecule has 1 heterocycles. The molecule has 0 bridgehead atoms. The molecule has 2 amide bonds. The van der Waals surface area contributed by atoms with Gasteiger partial charge >= 0.3 is 6.09 Å². The summed E-state index contributed by atoms with van der Waals surface area (Å²) in [6.45, 7) is 9.25. The smallest absolute Gasteiger partial charge is 0.410 e. The Balaban J connectivity index is 1.62. The maximum atomic E-state index is 12.3. The molecule has 2 fully saturated rings. The molecular formula is C21H29ClN2O3. The van der Waals surface area contributed by atoms with Gasteiger partial charge in [0.15, 0.2) is 0 Å². The molecule has 0 N–H and O–H groups in total. The topological polar surface area (TPSA) is 49.9 Å². The van der Waals surface area contributed by atoms with Crippen molar-refractivity contribution in [3.8, 4) is 0 Å². The molecule has 2 atom stereocenters. The van der Waals surface area contributed by atoms with Gasteiger partial charge in [-0.2, -0.15) is 0 Å². The second-order valence-corrected chi connectivity index (χ2v) is 9.18. The molecular weight excluding hydrogens is 364 g/mol. The van der Waals surface area contributed by atoms with Gasteiger partial charge in [0.1, 0.15) is 5.60 Å². The van der Waals surface area contributed by atoms with Crippen LogP contribution in [0.4, 0.5) is 4.79 Å². The Morgan fingerprint density at radius 2 is 1.78 bits per heavy atom. The zero-order valence-corrected chi connectivity index (χ0v) is 17.3. The molecule has 1 aromatic rings. The van der Waals surface area contributed by atoms with E-state index in [0.717, 1.165) is 18.4 Å². The maximum absolute atomic E-state index is 12.3. The standard InChI is InChI=1S/C21H29ClN2O3/c1-14(25)24(13-15-7-5-6-8-19(15)22)18-9-16-11-23(12-17(16)10-18)20(26)27-21(2,3)4/h5-8,16-18H,9-13H2,1-4H3. The minimum atomic E-state index is -0.475. The molecule has 1 aliphatic heterocycles. The molecule has 3 rings (SSSR count). The van der Waals surface area contributed by atoms with Gasteiger partial charge in [-0.25, -0.2) is 4.79 Å². The van der Waals surface area contributed by atoms with Crippen LogP contribution < -0.4 is 0 Å². The molecule has 27 heavy (non-hydrogen) atoms. The van der Waals surface area contributed by atoms with Crippen molar-refractivity contribution in [2.24, 2.45) is 11.8 Å². The zero-order chi connectivity index (χ0) is 19.8. The number of carbonyl (C=O) groups is 2. The van der Waals surface area contributed by atoms with Gasteiger partial charge in [0, 0.05) is 37.6 Å². The quantitative estimate of drug-likeness (QED) is 0.769. The molecule has 2 unspecified atom stereocenters. The third-order valence-corrected chi connectivity index (χ3v) is 5.89. The van der Waals surface area contributed by atoms with Gasteiger partial charge in [-0.1, -0.05) is 29.8 Å². The normalized spacial score (nSPS) is 24.6. The lowest BCUT2D eigenvalue weighted by atomic mass is 10.0. The number of likely N-dealkylation sites (tertiary alicyclic amines) is 1. The number of benzene rings is 1. The summed E-state index contributed by atoms with van der Waals surface area (Å²) in [5, 5.41) is 0.693. The summed E-state index contributed by atoms with van der Waals surface area (Å²) in [6, 6.07) is 7.88. The number of hydrogen-bond donors (Lipinski definition) is 0. The van der Waals surface area contributed by atoms with Gasteiger partial charge in [0.05, 0.1) is 0 Å². The Labute approximate surface area is 166 Å². The number of amides is 2. The number of carbonyl (C=O) groups excluding carboxylic acids is 2. The second-order valence-electron chi connectivity index (χ2n) is 8.77. The van der Waals surface area contributed by atoms with Gasteiger partial charge in [-0.05, 0) is 57.1 Å². The number of fused-ring (bicyclic) bond motifs is 1. The van der Waals surface area contributed by atoms with Crippen LogP contribution in [0.25, 0.3) is 0 Å². The molecule has 5 nitrogen and oxygen atoms in total. The van der Waals surface area contributed by atoms with Crippen molar-refractivity contribution in [3.63, 3.8) is 0 Å². The SMILES string of the molecule is CC(=O)N(Cc1ccccc1Cl)C1CC2CN(C(=O)OC(C)(C)C)CC2C1. The van der Waals surface area contributed by atoms with Gasteiger partial charge in [-0.15, -0.1) is 0 Å². The molecule has 1 saturated heterocycles. The molecule has 148 valence electrons. The van der Waals surface area contributed by atoms with Crippen molar-refractivity contribution in [2.45, 2.75) is 58.7 Å². The van der Waals surface area contributed by atoms with E-state index in [0.29, 0.717) is 36.5 Å². The second kappa shape index (κ2) is 7.70. The minimum Gasteiger partial charge on any atom is -0.444 e. The van der Waals surface area contributed by atoms with E-state index in [2.05, 4.69) is 0 Å². The molecule has 1 saturated carbocycles. The lowest BCUT2D eigenvalue weighted by Crippen LogP contribution is -2.39. The first-order valence-electron chi connectivity index (χ1n) is 9.62. The Kier molecular flexibility index (Phi) is 5.71. The van der Waals surface area contributed by atoms with E-state index in [1.165, 1.54) is 0 Å². The monoisotopic (exact) mass is 392 g/mol. The summed E-state index contributed by atoms with van der Waals surface area (Å²) in [4.78, 5) is 28.4. The maximum Gasteiger partial charge on any atom is 0.410 e. The van der Waals surface area contributed by atoms with Crippen LogP contribution in [-0.2, 0) is 16.1 Å². The lowest BCUT2D eigenvalue weighted by Gasteiger charge is -2.30. The zero-order valence-electron chi connectivity index (χ0n) is 16.6. The van der Waals surface area contributed by atoms with Crippen LogP contribution >= 0.6 is 11.6 Å². The summed E-state index contributed by atoms with van der Waals surface area (Å²) in [7, 11) is 0. The van der Waals surface area contributed by atoms with E-state index in [4.69, 9.17) is 16.3 Å². The van der Waals surface area contributed by atoms with Crippen LogP contribution in [0.1, 0.15) is 46.1 Å². The first kappa shape index (κ1) is 20.0. The van der Waals surface area contributed by atoms with Crippen LogP contribution in [0.5, 0.6) is 0 Å². The average Bonchev–Trinajstić information content (AvgIpc) is 3.10. The fourth-order valence-corrected chi connectivity index (χ4v) is 4.50. The first-order valence-corrected chi connectivity index (χ1v) is 10.0. The predicted molar refractivity (Wildman–Crippen MR) is 105 cm³/mol. The third kappa shape index (κ3) is 4.75. The molecule has 0 spiro atoms. The van der Waals surface area contributed by atoms with E-state index >= 15 is 0 Å². The molecule has 6 heteroatoms. The van der Waals surface area contributed by atoms with Crippen molar-refractivity contribution in [1.82, 2.24) is 9.80 Å². The van der Waals surface area contributed by atoms with Crippen molar-refractivity contribution in [1.29, 1.82) is 0 Å². The highest BCUT2D eigenvalue weighted by Crippen LogP contribution is 2.41. The van der Waals surface area contributed by atoms with Crippen LogP contribution in [0.15, 0.2) is 24.3 Å². The Morgan fingerprint density at radius 1 is 1.19 bits per heavy atom. The van der Waals surface area contributed by atoms with Gasteiger partial charge < -0.3 is 14.5 Å². The van der Waals surface area contributed by atoms with Crippen LogP contribution in [0, 0.1) is 11.8 Å². The fraction of sp³-hybridized carbons (Fsp3) is 0.619. The highest BCUT2D eigenvalue weighted by molar-refractivity contribution is 6.31. The summed E-state index contributed by atoms with van der Waals surface area (Å²) in [6.07, 6.45) is 1.62. The summed E-state index contributed by atoms with van der Waals surface area (Å²) < 4.78 is 5.50. The van der Waals surface area contributed by atoms with E-state index in [-0.39, 0.29) is 18.0 Å². The van der Waals surface area contributed by atoms with E-state index < -0.39 is 5.60 Å². The Morgan fingerprint density at radius 3 is 2.30 bits per heavy atom. The highest BCUT2D eigenvalue weighted by atomic mass is 35.5. The summed E-state index contributed by atoms with van der Waals surface area (Å²) in [5.74, 6) is 0.926. The summed E-state index contributed by atoms with van der Waals surface area (Å²) >= 11 is 6.29. The fourth-order valence-electron chi connectivity index (χ4n) is 4.31. The molecule has 0 radical (unpaired) electrons. The van der Waals surface area contributed by atoms with Gasteiger partial charge in [0.2, 0.25) is 5.91 Å². The highest BCUT2D eigenvalue weighted by Gasteiger charge is 2.45. The molecule has 1 aliphatic carbocycles. The lowest BCUT2D eigenvalue weighted by molar-refractivity contribution is -0.131. The number of rotatable bonds is 3. The first-order chi connectivity index (χ1) is 12.6. The molecule has 0 aromatic heterocycles. The van der Waals surface area contributed by atoms with Gasteiger partial charge in [-0.3, -0.25) is 4.79 Å². The van der Waals surface area contributed by atoms with Gasteiger partial charge in [0.25, 0.3) is 0 Å². The Hall–Kier alpha value is -1.75. The van der Waals surface area contributed by atoms with Crippen molar-refractivity contribution in [3.05, 3.63) is 34.9 Å².